The van der Waals surface area contributed by atoms with Gasteiger partial charge in [-0.25, -0.2) is 0 Å². The largest absolute Gasteiger partial charge is 0.494 e. The quantitative estimate of drug-likeness (QED) is 0.874. The Hall–Kier alpha value is -1.78. The number of hydrogen-bond donors (Lipinski definition) is 1. The van der Waals surface area contributed by atoms with E-state index in [-0.39, 0.29) is 11.5 Å². The van der Waals surface area contributed by atoms with Gasteiger partial charge in [-0.05, 0) is 30.5 Å². The van der Waals surface area contributed by atoms with Crippen molar-refractivity contribution in [1.82, 2.24) is 0 Å². The minimum atomic E-state index is -0.895. The number of carboxylic acid groups (broad SMARTS) is 1. The molecule has 0 bridgehead atoms. The topological polar surface area (TPSA) is 55.8 Å². The van der Waals surface area contributed by atoms with Crippen LogP contribution in [0.1, 0.15) is 18.4 Å². The minimum absolute atomic E-state index is 0.00637. The molecule has 1 saturated carbocycles. The van der Waals surface area contributed by atoms with Crippen LogP contribution in [0, 0.1) is 5.82 Å². The molecule has 2 rings (SSSR count). The molecule has 5 heteroatoms. The van der Waals surface area contributed by atoms with Crippen LogP contribution in [0.15, 0.2) is 12.1 Å². The Morgan fingerprint density at radius 3 is 2.06 bits per heavy atom. The molecule has 1 aliphatic carbocycles. The van der Waals surface area contributed by atoms with Crippen molar-refractivity contribution in [2.75, 3.05) is 14.2 Å². The van der Waals surface area contributed by atoms with Gasteiger partial charge in [-0.15, -0.1) is 0 Å². The average Bonchev–Trinajstić information content (AvgIpc) is 3.10. The molecule has 1 aromatic carbocycles. The predicted molar refractivity (Wildman–Crippen MR) is 58.1 cm³/mol. The van der Waals surface area contributed by atoms with E-state index >= 15 is 0 Å². The number of aliphatic carboxylic acids is 1. The molecule has 1 aliphatic rings. The van der Waals surface area contributed by atoms with E-state index in [2.05, 4.69) is 0 Å². The Labute approximate surface area is 98.0 Å². The van der Waals surface area contributed by atoms with Crippen molar-refractivity contribution in [3.05, 3.63) is 23.5 Å². The lowest BCUT2D eigenvalue weighted by Gasteiger charge is -2.14. The van der Waals surface area contributed by atoms with E-state index in [9.17, 15) is 14.3 Å². The number of rotatable bonds is 4. The van der Waals surface area contributed by atoms with Gasteiger partial charge in [0.15, 0.2) is 11.5 Å². The first-order chi connectivity index (χ1) is 8.05. The lowest BCUT2D eigenvalue weighted by molar-refractivity contribution is -0.140. The molecule has 0 spiro atoms. The molecular formula is C12H13FO4. The molecule has 17 heavy (non-hydrogen) atoms. The van der Waals surface area contributed by atoms with Crippen molar-refractivity contribution in [3.63, 3.8) is 0 Å². The second kappa shape index (κ2) is 3.91. The summed E-state index contributed by atoms with van der Waals surface area (Å²) in [4.78, 5) is 11.2. The van der Waals surface area contributed by atoms with E-state index in [0.717, 1.165) is 0 Å². The van der Waals surface area contributed by atoms with Gasteiger partial charge in [-0.2, -0.15) is 4.39 Å². The highest BCUT2D eigenvalue weighted by atomic mass is 19.1. The summed E-state index contributed by atoms with van der Waals surface area (Å²) in [6.45, 7) is 0. The molecule has 0 amide bonds. The zero-order valence-corrected chi connectivity index (χ0v) is 9.62. The van der Waals surface area contributed by atoms with Crippen molar-refractivity contribution in [1.29, 1.82) is 0 Å². The zero-order valence-electron chi connectivity index (χ0n) is 9.62. The molecule has 0 saturated heterocycles. The van der Waals surface area contributed by atoms with E-state index < -0.39 is 17.2 Å². The predicted octanol–water partition coefficient (Wildman–Crippen LogP) is 1.96. The molecule has 1 fully saturated rings. The van der Waals surface area contributed by atoms with Crippen molar-refractivity contribution in [2.45, 2.75) is 18.3 Å². The summed E-state index contributed by atoms with van der Waals surface area (Å²) in [7, 11) is 2.67. The summed E-state index contributed by atoms with van der Waals surface area (Å²) in [5.74, 6) is -1.49. The Morgan fingerprint density at radius 1 is 1.29 bits per heavy atom. The van der Waals surface area contributed by atoms with E-state index in [4.69, 9.17) is 9.47 Å². The summed E-state index contributed by atoms with van der Waals surface area (Å²) >= 11 is 0. The average molecular weight is 240 g/mol. The molecule has 0 radical (unpaired) electrons. The Balaban J connectivity index is 2.53. The number of benzene rings is 1. The Bertz CT molecular complexity index is 441. The van der Waals surface area contributed by atoms with Crippen LogP contribution in [0.25, 0.3) is 0 Å². The van der Waals surface area contributed by atoms with Crippen LogP contribution >= 0.6 is 0 Å². The van der Waals surface area contributed by atoms with Crippen LogP contribution in [0.4, 0.5) is 4.39 Å². The molecular weight excluding hydrogens is 227 g/mol. The molecule has 92 valence electrons. The SMILES string of the molecule is COc1cc(C2(C(=O)O)CC2)cc(OC)c1F. The van der Waals surface area contributed by atoms with E-state index in [0.29, 0.717) is 18.4 Å². The third-order valence-electron chi connectivity index (χ3n) is 3.16. The van der Waals surface area contributed by atoms with Crippen LogP contribution in [0.5, 0.6) is 11.5 Å². The lowest BCUT2D eigenvalue weighted by atomic mass is 9.95. The Kier molecular flexibility index (Phi) is 2.69. The van der Waals surface area contributed by atoms with Gasteiger partial charge >= 0.3 is 5.97 Å². The number of methoxy groups -OCH3 is 2. The van der Waals surface area contributed by atoms with Gasteiger partial charge in [-0.1, -0.05) is 0 Å². The van der Waals surface area contributed by atoms with Gasteiger partial charge in [-0.3, -0.25) is 4.79 Å². The van der Waals surface area contributed by atoms with Gasteiger partial charge in [0, 0.05) is 0 Å². The molecule has 0 aromatic heterocycles. The minimum Gasteiger partial charge on any atom is -0.494 e. The monoisotopic (exact) mass is 240 g/mol. The van der Waals surface area contributed by atoms with Gasteiger partial charge < -0.3 is 14.6 Å². The maximum atomic E-state index is 13.7. The normalized spacial score (nSPS) is 16.4. The van der Waals surface area contributed by atoms with Crippen LogP contribution in [0.2, 0.25) is 0 Å². The smallest absolute Gasteiger partial charge is 0.314 e. The van der Waals surface area contributed by atoms with Crippen molar-refractivity contribution in [2.24, 2.45) is 0 Å². The lowest BCUT2D eigenvalue weighted by Crippen LogP contribution is -2.19. The maximum absolute atomic E-state index is 13.7. The number of carbonyl (C=O) groups is 1. The second-order valence-electron chi connectivity index (χ2n) is 4.08. The van der Waals surface area contributed by atoms with Crippen molar-refractivity contribution >= 4 is 5.97 Å². The summed E-state index contributed by atoms with van der Waals surface area (Å²) in [5.41, 5.74) is -0.367. The first kappa shape index (κ1) is 11.7. The highest BCUT2D eigenvalue weighted by Gasteiger charge is 2.52. The van der Waals surface area contributed by atoms with Crippen LogP contribution in [-0.4, -0.2) is 25.3 Å². The molecule has 1 aromatic rings. The summed E-state index contributed by atoms with van der Waals surface area (Å²) < 4.78 is 23.4. The standard InChI is InChI=1S/C12H13FO4/c1-16-8-5-7(6-9(17-2)10(8)13)12(3-4-12)11(14)15/h5-6H,3-4H2,1-2H3,(H,14,15). The fourth-order valence-corrected chi connectivity index (χ4v) is 1.90. The zero-order chi connectivity index (χ0) is 12.6. The molecule has 0 heterocycles. The van der Waals surface area contributed by atoms with Crippen LogP contribution < -0.4 is 9.47 Å². The number of carboxylic acids is 1. The first-order valence-electron chi connectivity index (χ1n) is 5.20. The van der Waals surface area contributed by atoms with Crippen LogP contribution in [-0.2, 0) is 10.2 Å². The highest BCUT2D eigenvalue weighted by molar-refractivity contribution is 5.85. The van der Waals surface area contributed by atoms with Gasteiger partial charge in [0.1, 0.15) is 0 Å². The van der Waals surface area contributed by atoms with E-state index in [1.54, 1.807) is 0 Å². The number of halogens is 1. The summed E-state index contributed by atoms with van der Waals surface area (Å²) in [6, 6.07) is 2.86. The first-order valence-corrected chi connectivity index (χ1v) is 5.20. The van der Waals surface area contributed by atoms with Gasteiger partial charge in [0.2, 0.25) is 5.82 Å². The fraction of sp³-hybridized carbons (Fsp3) is 0.417. The third kappa shape index (κ3) is 1.71. The van der Waals surface area contributed by atoms with Crippen molar-refractivity contribution < 1.29 is 23.8 Å². The molecule has 0 unspecified atom stereocenters. The Morgan fingerprint density at radius 2 is 1.76 bits per heavy atom. The maximum Gasteiger partial charge on any atom is 0.314 e. The fourth-order valence-electron chi connectivity index (χ4n) is 1.90. The van der Waals surface area contributed by atoms with Crippen molar-refractivity contribution in [3.8, 4) is 11.5 Å². The highest BCUT2D eigenvalue weighted by Crippen LogP contribution is 2.50. The second-order valence-corrected chi connectivity index (χ2v) is 4.08. The van der Waals surface area contributed by atoms with Gasteiger partial charge in [0.05, 0.1) is 19.6 Å². The summed E-state index contributed by atoms with van der Waals surface area (Å²) in [6.07, 6.45) is 1.11. The molecule has 1 N–H and O–H groups in total. The van der Waals surface area contributed by atoms with Crippen LogP contribution in [0.3, 0.4) is 0 Å². The third-order valence-corrected chi connectivity index (χ3v) is 3.16. The molecule has 4 nitrogen and oxygen atoms in total. The number of hydrogen-bond acceptors (Lipinski definition) is 3. The molecule has 0 aliphatic heterocycles. The van der Waals surface area contributed by atoms with E-state index in [1.807, 2.05) is 0 Å². The molecule has 0 atom stereocenters. The van der Waals surface area contributed by atoms with Gasteiger partial charge in [0.25, 0.3) is 0 Å². The number of ether oxygens (including phenoxy) is 2. The summed E-state index contributed by atoms with van der Waals surface area (Å²) in [5, 5.41) is 9.18. The van der Waals surface area contributed by atoms with E-state index in [1.165, 1.54) is 26.4 Å².